The molecule has 1 aromatic carbocycles. The van der Waals surface area contributed by atoms with Crippen LogP contribution in [-0.4, -0.2) is 18.0 Å². The number of carbonyl (C=O) groups is 1. The number of rotatable bonds is 7. The third kappa shape index (κ3) is 3.69. The number of hydrogen-bond donors (Lipinski definition) is 0. The van der Waals surface area contributed by atoms with Gasteiger partial charge in [0.2, 0.25) is 5.91 Å². The lowest BCUT2D eigenvalue weighted by Gasteiger charge is -2.18. The lowest BCUT2D eigenvalue weighted by atomic mass is 10.2. The molecule has 2 heterocycles. The van der Waals surface area contributed by atoms with Crippen LogP contribution in [0.1, 0.15) is 37.5 Å². The minimum Gasteiger partial charge on any atom is -0.494 e. The Labute approximate surface area is 151 Å². The van der Waals surface area contributed by atoms with Gasteiger partial charge in [0.05, 0.1) is 24.6 Å². The molecule has 3 aromatic rings. The topological polar surface area (TPSA) is 55.6 Å². The van der Waals surface area contributed by atoms with Crippen molar-refractivity contribution in [3.8, 4) is 5.75 Å². The SMILES string of the molecule is CCCCC(=O)N(Cc1ccco1)c1nc2c(OC)ccc(C)c2s1. The number of methoxy groups -OCH3 is 1. The molecule has 1 amide bonds. The van der Waals surface area contributed by atoms with E-state index in [4.69, 9.17) is 14.1 Å². The van der Waals surface area contributed by atoms with E-state index in [1.807, 2.05) is 31.2 Å². The van der Waals surface area contributed by atoms with Gasteiger partial charge in [0, 0.05) is 6.42 Å². The zero-order valence-corrected chi connectivity index (χ0v) is 15.6. The average molecular weight is 358 g/mol. The molecule has 0 saturated carbocycles. The molecule has 0 unspecified atom stereocenters. The number of aryl methyl sites for hydroxylation is 1. The molecule has 3 rings (SSSR count). The Hall–Kier alpha value is -2.34. The van der Waals surface area contributed by atoms with E-state index in [1.54, 1.807) is 18.3 Å². The summed E-state index contributed by atoms with van der Waals surface area (Å²) in [4.78, 5) is 19.2. The van der Waals surface area contributed by atoms with Crippen molar-refractivity contribution in [1.82, 2.24) is 4.98 Å². The van der Waals surface area contributed by atoms with Crippen molar-refractivity contribution in [2.75, 3.05) is 12.0 Å². The summed E-state index contributed by atoms with van der Waals surface area (Å²) >= 11 is 1.52. The molecule has 0 atom stereocenters. The third-order valence-corrected chi connectivity index (χ3v) is 5.30. The molecule has 25 heavy (non-hydrogen) atoms. The van der Waals surface area contributed by atoms with Gasteiger partial charge in [-0.05, 0) is 37.1 Å². The van der Waals surface area contributed by atoms with Gasteiger partial charge in [-0.15, -0.1) is 0 Å². The van der Waals surface area contributed by atoms with E-state index in [1.165, 1.54) is 11.3 Å². The number of aromatic nitrogens is 1. The van der Waals surface area contributed by atoms with Crippen molar-refractivity contribution in [2.45, 2.75) is 39.7 Å². The van der Waals surface area contributed by atoms with Gasteiger partial charge in [-0.1, -0.05) is 30.7 Å². The first-order valence-corrected chi connectivity index (χ1v) is 9.22. The number of hydrogen-bond acceptors (Lipinski definition) is 5. The van der Waals surface area contributed by atoms with E-state index >= 15 is 0 Å². The second-order valence-corrected chi connectivity index (χ2v) is 6.90. The zero-order valence-electron chi connectivity index (χ0n) is 14.7. The third-order valence-electron chi connectivity index (χ3n) is 4.08. The first-order chi connectivity index (χ1) is 12.1. The molecule has 0 aliphatic rings. The summed E-state index contributed by atoms with van der Waals surface area (Å²) in [6.07, 6.45) is 3.96. The number of furan rings is 1. The lowest BCUT2D eigenvalue weighted by Crippen LogP contribution is -2.29. The Balaban J connectivity index is 2.01. The van der Waals surface area contributed by atoms with Gasteiger partial charge < -0.3 is 9.15 Å². The minimum absolute atomic E-state index is 0.0638. The Morgan fingerprint density at radius 1 is 1.36 bits per heavy atom. The highest BCUT2D eigenvalue weighted by molar-refractivity contribution is 7.22. The summed E-state index contributed by atoms with van der Waals surface area (Å²) in [6.45, 7) is 4.51. The molecular formula is C19H22N2O3S. The van der Waals surface area contributed by atoms with Crippen LogP contribution in [-0.2, 0) is 11.3 Å². The molecule has 0 N–H and O–H groups in total. The number of amides is 1. The fourth-order valence-corrected chi connectivity index (χ4v) is 3.73. The number of anilines is 1. The molecular weight excluding hydrogens is 336 g/mol. The van der Waals surface area contributed by atoms with Crippen molar-refractivity contribution >= 4 is 32.6 Å². The number of unbranched alkanes of at least 4 members (excludes halogenated alkanes) is 1. The van der Waals surface area contributed by atoms with Gasteiger partial charge in [0.25, 0.3) is 0 Å². The molecule has 0 fully saturated rings. The van der Waals surface area contributed by atoms with Crippen LogP contribution < -0.4 is 9.64 Å². The summed E-state index contributed by atoms with van der Waals surface area (Å²) in [6, 6.07) is 7.63. The van der Waals surface area contributed by atoms with Gasteiger partial charge in [0.1, 0.15) is 17.0 Å². The van der Waals surface area contributed by atoms with Crippen LogP contribution in [0, 0.1) is 6.92 Å². The zero-order chi connectivity index (χ0) is 17.8. The molecule has 0 radical (unpaired) electrons. The van der Waals surface area contributed by atoms with Crippen LogP contribution in [0.25, 0.3) is 10.2 Å². The van der Waals surface area contributed by atoms with Crippen LogP contribution in [0.5, 0.6) is 5.75 Å². The van der Waals surface area contributed by atoms with Crippen molar-refractivity contribution < 1.29 is 13.9 Å². The highest BCUT2D eigenvalue weighted by Crippen LogP contribution is 2.37. The summed E-state index contributed by atoms with van der Waals surface area (Å²) in [5.74, 6) is 1.53. The van der Waals surface area contributed by atoms with Crippen molar-refractivity contribution in [1.29, 1.82) is 0 Å². The number of carbonyl (C=O) groups excluding carboxylic acids is 1. The summed E-state index contributed by atoms with van der Waals surface area (Å²) in [5, 5.41) is 0.681. The van der Waals surface area contributed by atoms with E-state index < -0.39 is 0 Å². The lowest BCUT2D eigenvalue weighted by molar-refractivity contribution is -0.118. The molecule has 0 saturated heterocycles. The smallest absolute Gasteiger partial charge is 0.229 e. The maximum atomic E-state index is 12.8. The first-order valence-electron chi connectivity index (χ1n) is 8.41. The van der Waals surface area contributed by atoms with Gasteiger partial charge in [-0.25, -0.2) is 4.98 Å². The molecule has 2 aromatic heterocycles. The maximum Gasteiger partial charge on any atom is 0.229 e. The number of ether oxygens (including phenoxy) is 1. The standard InChI is InChI=1S/C19H22N2O3S/c1-4-5-8-16(22)21(12-14-7-6-11-24-14)19-20-17-15(23-3)10-9-13(2)18(17)25-19/h6-7,9-11H,4-5,8,12H2,1-3H3. The molecule has 132 valence electrons. The van der Waals surface area contributed by atoms with Gasteiger partial charge in [0.15, 0.2) is 5.13 Å². The van der Waals surface area contributed by atoms with E-state index in [9.17, 15) is 4.79 Å². The highest BCUT2D eigenvalue weighted by Gasteiger charge is 2.22. The van der Waals surface area contributed by atoms with E-state index in [0.29, 0.717) is 18.1 Å². The minimum atomic E-state index is 0.0638. The molecule has 0 bridgehead atoms. The Morgan fingerprint density at radius 3 is 2.88 bits per heavy atom. The largest absolute Gasteiger partial charge is 0.494 e. The summed E-state index contributed by atoms with van der Waals surface area (Å²) in [7, 11) is 1.64. The Bertz CT molecular complexity index is 855. The van der Waals surface area contributed by atoms with Crippen LogP contribution in [0.15, 0.2) is 34.9 Å². The highest BCUT2D eigenvalue weighted by atomic mass is 32.1. The van der Waals surface area contributed by atoms with Gasteiger partial charge in [-0.2, -0.15) is 0 Å². The van der Waals surface area contributed by atoms with E-state index in [0.717, 1.165) is 40.1 Å². The van der Waals surface area contributed by atoms with Crippen LogP contribution in [0.2, 0.25) is 0 Å². The predicted molar refractivity (Wildman–Crippen MR) is 100 cm³/mol. The fraction of sp³-hybridized carbons (Fsp3) is 0.368. The number of thiazole rings is 1. The van der Waals surface area contributed by atoms with Crippen molar-refractivity contribution in [3.63, 3.8) is 0 Å². The van der Waals surface area contributed by atoms with E-state index in [-0.39, 0.29) is 5.91 Å². The Morgan fingerprint density at radius 2 is 2.20 bits per heavy atom. The summed E-state index contributed by atoms with van der Waals surface area (Å²) < 4.78 is 11.9. The van der Waals surface area contributed by atoms with Gasteiger partial charge >= 0.3 is 0 Å². The van der Waals surface area contributed by atoms with Gasteiger partial charge in [-0.3, -0.25) is 9.69 Å². The predicted octanol–water partition coefficient (Wildman–Crippen LogP) is 4.93. The first kappa shape index (κ1) is 17.5. The molecule has 5 nitrogen and oxygen atoms in total. The molecule has 6 heteroatoms. The van der Waals surface area contributed by atoms with Crippen LogP contribution in [0.4, 0.5) is 5.13 Å². The van der Waals surface area contributed by atoms with Crippen LogP contribution in [0.3, 0.4) is 0 Å². The normalized spacial score (nSPS) is 11.0. The second-order valence-electron chi connectivity index (χ2n) is 5.92. The fourth-order valence-electron chi connectivity index (χ4n) is 2.66. The molecule has 0 aliphatic heterocycles. The maximum absolute atomic E-state index is 12.8. The number of fused-ring (bicyclic) bond motifs is 1. The molecule has 0 spiro atoms. The van der Waals surface area contributed by atoms with Crippen LogP contribution >= 0.6 is 11.3 Å². The Kier molecular flexibility index (Phi) is 5.38. The van der Waals surface area contributed by atoms with Crippen molar-refractivity contribution in [3.05, 3.63) is 41.9 Å². The quantitative estimate of drug-likeness (QED) is 0.601. The van der Waals surface area contributed by atoms with E-state index in [2.05, 4.69) is 6.92 Å². The molecule has 0 aliphatic carbocycles. The number of nitrogens with zero attached hydrogens (tertiary/aromatic N) is 2. The van der Waals surface area contributed by atoms with Crippen molar-refractivity contribution in [2.24, 2.45) is 0 Å². The second kappa shape index (κ2) is 7.70. The summed E-state index contributed by atoms with van der Waals surface area (Å²) in [5.41, 5.74) is 1.92. The number of benzene rings is 1. The average Bonchev–Trinajstić information content (AvgIpc) is 3.28. The monoisotopic (exact) mass is 358 g/mol.